The van der Waals surface area contributed by atoms with Crippen molar-refractivity contribution in [1.29, 1.82) is 0 Å². The number of imide groups is 1. The molecular formula is C28H19Cl6N3O8. The number of non-ortho nitro benzene ring substituents is 1. The van der Waals surface area contributed by atoms with Crippen molar-refractivity contribution in [2.75, 3.05) is 23.5 Å². The Morgan fingerprint density at radius 1 is 0.956 bits per heavy atom. The number of alkyl halides is 4. The van der Waals surface area contributed by atoms with E-state index in [2.05, 4.69) is 0 Å². The minimum Gasteiger partial charge on any atom is -0.494 e. The maximum Gasteiger partial charge on any atom is 0.316 e. The second kappa shape index (κ2) is 10.6. The summed E-state index contributed by atoms with van der Waals surface area (Å²) < 4.78 is 8.72. The summed E-state index contributed by atoms with van der Waals surface area (Å²) in [6, 6.07) is 8.04. The Kier molecular flexibility index (Phi) is 7.58. The standard InChI is InChI=1S/C28H19Cl6N3O8/c1-11-7-14(45-25(41)12-8-18(38)35(10-12)16-5-3-13(37(42)43)9-17(16)44-2)4-6-15(11)36-23(39)19-20(24(36)40)27(32)22(30)21(29)26(19,31)28(27,33)34/h3-7,9,12,19-20H,8,10H2,1-2H3/t12-,19-,20-,26-,27-/m1/s1. The van der Waals surface area contributed by atoms with Crippen LogP contribution in [0.15, 0.2) is 46.5 Å². The van der Waals surface area contributed by atoms with Crippen LogP contribution in [0.2, 0.25) is 0 Å². The molecule has 0 spiro atoms. The van der Waals surface area contributed by atoms with E-state index in [-0.39, 0.29) is 51.6 Å². The zero-order chi connectivity index (χ0) is 33.0. The van der Waals surface area contributed by atoms with Gasteiger partial charge in [-0.3, -0.25) is 29.3 Å². The van der Waals surface area contributed by atoms with E-state index in [4.69, 9.17) is 79.1 Å². The van der Waals surface area contributed by atoms with Gasteiger partial charge in [-0.1, -0.05) is 46.4 Å². The van der Waals surface area contributed by atoms with Crippen molar-refractivity contribution >= 4 is 110 Å². The van der Waals surface area contributed by atoms with E-state index in [1.807, 2.05) is 0 Å². The molecule has 2 bridgehead atoms. The van der Waals surface area contributed by atoms with Crippen LogP contribution in [-0.4, -0.2) is 56.4 Å². The SMILES string of the molecule is COc1cc([N+](=O)[O-])ccc1N1C[C@H](C(=O)Oc2ccc(N3C(=O)[C@H]4[C@H](C3=O)[C@@]3(Cl)C(Cl)=C(Cl)[C@@]4(Cl)C3(Cl)Cl)c(C)c2)CC1=O. The number of rotatable bonds is 6. The first-order valence-electron chi connectivity index (χ1n) is 13.2. The molecule has 1 saturated carbocycles. The fourth-order valence-electron chi connectivity index (χ4n) is 6.48. The van der Waals surface area contributed by atoms with Crippen LogP contribution >= 0.6 is 69.6 Å². The number of anilines is 2. The first-order chi connectivity index (χ1) is 21.0. The third-order valence-corrected chi connectivity index (χ3v) is 12.9. The predicted octanol–water partition coefficient (Wildman–Crippen LogP) is 5.82. The smallest absolute Gasteiger partial charge is 0.316 e. The van der Waals surface area contributed by atoms with Gasteiger partial charge in [0.1, 0.15) is 21.2 Å². The van der Waals surface area contributed by atoms with Gasteiger partial charge in [-0.2, -0.15) is 0 Å². The number of nitrogens with zero attached hydrogens (tertiary/aromatic N) is 3. The Labute approximate surface area is 284 Å². The van der Waals surface area contributed by atoms with Crippen molar-refractivity contribution in [3.8, 4) is 11.5 Å². The average molecular weight is 738 g/mol. The third kappa shape index (κ3) is 4.17. The highest BCUT2D eigenvalue weighted by atomic mass is 35.5. The molecule has 2 saturated heterocycles. The maximum absolute atomic E-state index is 13.7. The van der Waals surface area contributed by atoms with Crippen LogP contribution in [0.1, 0.15) is 12.0 Å². The fraction of sp³-hybridized carbons (Fsp3) is 0.357. The molecule has 2 heterocycles. The van der Waals surface area contributed by atoms with Gasteiger partial charge >= 0.3 is 5.97 Å². The van der Waals surface area contributed by atoms with Crippen LogP contribution in [0, 0.1) is 34.8 Å². The molecule has 0 aromatic heterocycles. The highest BCUT2D eigenvalue weighted by molar-refractivity contribution is 6.67. The number of esters is 1. The zero-order valence-electron chi connectivity index (χ0n) is 23.0. The van der Waals surface area contributed by atoms with Crippen LogP contribution in [0.4, 0.5) is 17.1 Å². The number of benzene rings is 2. The Morgan fingerprint density at radius 2 is 1.53 bits per heavy atom. The van der Waals surface area contributed by atoms with Crippen molar-refractivity contribution in [3.05, 3.63) is 62.1 Å². The number of hydrogen-bond acceptors (Lipinski definition) is 8. The lowest BCUT2D eigenvalue weighted by atomic mass is 9.84. The Balaban J connectivity index is 1.20. The average Bonchev–Trinajstić information content (AvgIpc) is 3.57. The number of amides is 3. The van der Waals surface area contributed by atoms with Crippen molar-refractivity contribution < 1.29 is 33.6 Å². The van der Waals surface area contributed by atoms with E-state index in [0.29, 0.717) is 5.56 Å². The highest BCUT2D eigenvalue weighted by Gasteiger charge is 2.87. The summed E-state index contributed by atoms with van der Waals surface area (Å²) in [5.74, 6) is -5.83. The molecule has 6 rings (SSSR count). The zero-order valence-corrected chi connectivity index (χ0v) is 27.5. The first-order valence-corrected chi connectivity index (χ1v) is 15.4. The Morgan fingerprint density at radius 3 is 2.07 bits per heavy atom. The van der Waals surface area contributed by atoms with E-state index in [9.17, 15) is 29.3 Å². The number of halogens is 6. The normalized spacial score (nSPS) is 30.0. The molecule has 236 valence electrons. The monoisotopic (exact) mass is 735 g/mol. The molecule has 17 heteroatoms. The maximum atomic E-state index is 13.7. The van der Waals surface area contributed by atoms with Gasteiger partial charge in [0.15, 0.2) is 4.33 Å². The minimum absolute atomic E-state index is 0.0510. The molecule has 11 nitrogen and oxygen atoms in total. The third-order valence-electron chi connectivity index (χ3n) is 8.66. The molecule has 5 atom stereocenters. The molecule has 45 heavy (non-hydrogen) atoms. The van der Waals surface area contributed by atoms with E-state index < -0.39 is 60.4 Å². The van der Waals surface area contributed by atoms with Crippen LogP contribution in [0.25, 0.3) is 0 Å². The van der Waals surface area contributed by atoms with Crippen LogP contribution in [0.5, 0.6) is 11.5 Å². The number of carbonyl (C=O) groups is 4. The van der Waals surface area contributed by atoms with E-state index in [1.165, 1.54) is 48.4 Å². The molecule has 4 aliphatic rings. The van der Waals surface area contributed by atoms with Crippen molar-refractivity contribution in [2.45, 2.75) is 27.4 Å². The number of nitro benzene ring substituents is 1. The fourth-order valence-corrected chi connectivity index (χ4v) is 9.40. The summed E-state index contributed by atoms with van der Waals surface area (Å²) in [7, 11) is 1.31. The molecular weight excluding hydrogens is 719 g/mol. The Hall–Kier alpha value is -2.80. The molecule has 0 radical (unpaired) electrons. The lowest BCUT2D eigenvalue weighted by Gasteiger charge is -2.34. The summed E-state index contributed by atoms with van der Waals surface area (Å²) in [5, 5.41) is 10.7. The number of methoxy groups -OCH3 is 1. The summed E-state index contributed by atoms with van der Waals surface area (Å²) >= 11 is 39.4. The summed E-state index contributed by atoms with van der Waals surface area (Å²) in [6.07, 6.45) is -0.169. The number of carbonyl (C=O) groups excluding carboxylic acids is 4. The van der Waals surface area contributed by atoms with E-state index in [0.717, 1.165) is 4.90 Å². The van der Waals surface area contributed by atoms with Crippen LogP contribution in [0.3, 0.4) is 0 Å². The van der Waals surface area contributed by atoms with Gasteiger partial charge in [0.25, 0.3) is 5.69 Å². The van der Waals surface area contributed by atoms with Crippen molar-refractivity contribution in [3.63, 3.8) is 0 Å². The molecule has 2 aromatic rings. The first kappa shape index (κ1) is 32.2. The van der Waals surface area contributed by atoms with Gasteiger partial charge in [0, 0.05) is 19.0 Å². The molecule has 2 aromatic carbocycles. The van der Waals surface area contributed by atoms with Crippen molar-refractivity contribution in [1.82, 2.24) is 0 Å². The summed E-state index contributed by atoms with van der Waals surface area (Å²) in [5.41, 5.74) is 0.616. The lowest BCUT2D eigenvalue weighted by molar-refractivity contribution is -0.384. The second-order valence-corrected chi connectivity index (χ2v) is 14.3. The quantitative estimate of drug-likeness (QED) is 0.0904. The lowest BCUT2D eigenvalue weighted by Crippen LogP contribution is -2.50. The van der Waals surface area contributed by atoms with Gasteiger partial charge in [-0.15, -0.1) is 23.2 Å². The molecule has 2 aliphatic heterocycles. The largest absolute Gasteiger partial charge is 0.494 e. The molecule has 0 N–H and O–H groups in total. The van der Waals surface area contributed by atoms with E-state index >= 15 is 0 Å². The number of nitro groups is 1. The second-order valence-electron chi connectivity index (χ2n) is 11.0. The summed E-state index contributed by atoms with van der Waals surface area (Å²) in [6.45, 7) is 1.54. The molecule has 0 unspecified atom stereocenters. The number of hydrogen-bond donors (Lipinski definition) is 0. The Bertz CT molecular complexity index is 1740. The number of aryl methyl sites for hydroxylation is 1. The number of fused-ring (bicyclic) bond motifs is 5. The summed E-state index contributed by atoms with van der Waals surface area (Å²) in [4.78, 5) is 62.1. The van der Waals surface area contributed by atoms with Gasteiger partial charge in [0.05, 0.1) is 57.3 Å². The van der Waals surface area contributed by atoms with E-state index in [1.54, 1.807) is 6.92 Å². The van der Waals surface area contributed by atoms with Gasteiger partial charge in [0.2, 0.25) is 17.7 Å². The van der Waals surface area contributed by atoms with Gasteiger partial charge in [-0.25, -0.2) is 4.90 Å². The van der Waals surface area contributed by atoms with Gasteiger partial charge < -0.3 is 14.4 Å². The molecule has 2 aliphatic carbocycles. The highest BCUT2D eigenvalue weighted by Crippen LogP contribution is 2.77. The number of allylic oxidation sites excluding steroid dienone is 2. The van der Waals surface area contributed by atoms with Crippen LogP contribution in [-0.2, 0) is 19.2 Å². The predicted molar refractivity (Wildman–Crippen MR) is 167 cm³/mol. The molecule has 3 amide bonds. The topological polar surface area (TPSA) is 136 Å². The van der Waals surface area contributed by atoms with Crippen LogP contribution < -0.4 is 19.3 Å². The van der Waals surface area contributed by atoms with Gasteiger partial charge in [-0.05, 0) is 36.8 Å². The number of ether oxygens (including phenoxy) is 2. The minimum atomic E-state index is -2.06. The van der Waals surface area contributed by atoms with Crippen molar-refractivity contribution in [2.24, 2.45) is 17.8 Å². The molecule has 3 fully saturated rings.